The van der Waals surface area contributed by atoms with Crippen molar-refractivity contribution in [1.29, 1.82) is 0 Å². The summed E-state index contributed by atoms with van der Waals surface area (Å²) >= 11 is 7.78. The molecule has 1 heterocycles. The maximum Gasteiger partial charge on any atom is 0.337 e. The number of rotatable bonds is 3. The number of aromatic nitrogens is 1. The van der Waals surface area contributed by atoms with Crippen molar-refractivity contribution in [1.82, 2.24) is 4.98 Å². The second-order valence-corrected chi connectivity index (χ2v) is 6.20. The van der Waals surface area contributed by atoms with E-state index in [-0.39, 0.29) is 11.3 Å². The van der Waals surface area contributed by atoms with Gasteiger partial charge in [-0.15, -0.1) is 12.6 Å². The lowest BCUT2D eigenvalue weighted by atomic mass is 10.1. The van der Waals surface area contributed by atoms with E-state index in [1.165, 1.54) is 12.1 Å². The molecule has 0 aliphatic rings. The van der Waals surface area contributed by atoms with Crippen LogP contribution in [0, 0.1) is 5.82 Å². The first-order chi connectivity index (χ1) is 11.0. The number of halogens is 2. The Morgan fingerprint density at radius 1 is 1.26 bits per heavy atom. The van der Waals surface area contributed by atoms with Gasteiger partial charge in [0.1, 0.15) is 5.82 Å². The lowest BCUT2D eigenvalue weighted by molar-refractivity contribution is 0.0697. The van der Waals surface area contributed by atoms with Crippen LogP contribution in [0.2, 0.25) is 0 Å². The number of benzene rings is 2. The van der Waals surface area contributed by atoms with E-state index in [9.17, 15) is 14.3 Å². The Balaban J connectivity index is 2.17. The van der Waals surface area contributed by atoms with Gasteiger partial charge in [-0.1, -0.05) is 15.9 Å². The molecule has 0 amide bonds. The van der Waals surface area contributed by atoms with Crippen LogP contribution >= 0.6 is 28.6 Å². The van der Waals surface area contributed by atoms with Gasteiger partial charge in [0.25, 0.3) is 0 Å². The van der Waals surface area contributed by atoms with Crippen LogP contribution in [0.15, 0.2) is 52.0 Å². The van der Waals surface area contributed by atoms with E-state index in [1.54, 1.807) is 6.20 Å². The summed E-state index contributed by atoms with van der Waals surface area (Å²) in [5.74, 6) is -1.83. The van der Waals surface area contributed by atoms with Crippen LogP contribution in [0.5, 0.6) is 0 Å². The van der Waals surface area contributed by atoms with Crippen molar-refractivity contribution in [2.75, 3.05) is 5.32 Å². The Kier molecular flexibility index (Phi) is 4.23. The maximum absolute atomic E-state index is 13.3. The highest BCUT2D eigenvalue weighted by atomic mass is 79.9. The van der Waals surface area contributed by atoms with E-state index in [0.717, 1.165) is 21.4 Å². The van der Waals surface area contributed by atoms with E-state index in [0.29, 0.717) is 10.6 Å². The molecule has 3 rings (SSSR count). The molecule has 2 N–H and O–H groups in total. The Bertz CT molecular complexity index is 928. The van der Waals surface area contributed by atoms with Gasteiger partial charge in [0, 0.05) is 21.0 Å². The number of pyridine rings is 1. The summed E-state index contributed by atoms with van der Waals surface area (Å²) in [5.41, 5.74) is 1.46. The van der Waals surface area contributed by atoms with Gasteiger partial charge in [-0.05, 0) is 36.4 Å². The predicted octanol–water partition coefficient (Wildman–Crippen LogP) is 4.87. The number of hydrogen-bond donors (Lipinski definition) is 3. The minimum Gasteiger partial charge on any atom is -0.478 e. The van der Waals surface area contributed by atoms with E-state index < -0.39 is 11.8 Å². The van der Waals surface area contributed by atoms with Gasteiger partial charge >= 0.3 is 5.97 Å². The Labute approximate surface area is 144 Å². The first-order valence-electron chi connectivity index (χ1n) is 6.53. The maximum atomic E-state index is 13.3. The van der Waals surface area contributed by atoms with Crippen molar-refractivity contribution < 1.29 is 14.3 Å². The van der Waals surface area contributed by atoms with Crippen LogP contribution in [0.1, 0.15) is 10.4 Å². The number of nitrogens with one attached hydrogen (secondary N) is 1. The molecule has 0 radical (unpaired) electrons. The Hall–Kier alpha value is -2.12. The number of thiol groups is 1. The van der Waals surface area contributed by atoms with E-state index in [1.807, 2.05) is 18.2 Å². The second-order valence-electron chi connectivity index (χ2n) is 4.80. The summed E-state index contributed by atoms with van der Waals surface area (Å²) in [6.07, 6.45) is 1.58. The zero-order valence-electron chi connectivity index (χ0n) is 11.5. The molecule has 3 aromatic rings. The quantitative estimate of drug-likeness (QED) is 0.556. The van der Waals surface area contributed by atoms with Crippen LogP contribution in [0.25, 0.3) is 10.9 Å². The Morgan fingerprint density at radius 2 is 2.04 bits per heavy atom. The molecular weight excluding hydrogens is 383 g/mol. The molecule has 23 heavy (non-hydrogen) atoms. The molecule has 0 spiro atoms. The standard InChI is InChI=1S/C16H10BrFN2O2S/c17-8-1-3-12-10(5-8)15(14(23)7-19-12)20-13-4-2-9(18)6-11(13)16(21)22/h1-7,23H,(H,19,20)(H,21,22). The molecule has 1 aromatic heterocycles. The lowest BCUT2D eigenvalue weighted by Gasteiger charge is -2.14. The van der Waals surface area contributed by atoms with Gasteiger partial charge in [-0.3, -0.25) is 4.98 Å². The van der Waals surface area contributed by atoms with Gasteiger partial charge in [-0.2, -0.15) is 0 Å². The third-order valence-corrected chi connectivity index (χ3v) is 4.11. The van der Waals surface area contributed by atoms with E-state index >= 15 is 0 Å². The Morgan fingerprint density at radius 3 is 2.78 bits per heavy atom. The monoisotopic (exact) mass is 392 g/mol. The number of hydrogen-bond acceptors (Lipinski definition) is 4. The van der Waals surface area contributed by atoms with Crippen LogP contribution in [-0.4, -0.2) is 16.1 Å². The molecule has 0 aliphatic heterocycles. The smallest absolute Gasteiger partial charge is 0.337 e. The number of aromatic carboxylic acids is 1. The largest absolute Gasteiger partial charge is 0.478 e. The highest BCUT2D eigenvalue weighted by Gasteiger charge is 2.14. The van der Waals surface area contributed by atoms with Crippen LogP contribution in [-0.2, 0) is 0 Å². The summed E-state index contributed by atoms with van der Waals surface area (Å²) in [6.45, 7) is 0. The average molecular weight is 393 g/mol. The van der Waals surface area contributed by atoms with Crippen molar-refractivity contribution in [2.45, 2.75) is 4.90 Å². The fourth-order valence-corrected chi connectivity index (χ4v) is 2.82. The minimum absolute atomic E-state index is 0.155. The fraction of sp³-hybridized carbons (Fsp3) is 0. The third-order valence-electron chi connectivity index (χ3n) is 3.28. The normalized spacial score (nSPS) is 10.7. The average Bonchev–Trinajstić information content (AvgIpc) is 2.51. The summed E-state index contributed by atoms with van der Waals surface area (Å²) < 4.78 is 14.2. The topological polar surface area (TPSA) is 62.2 Å². The summed E-state index contributed by atoms with van der Waals surface area (Å²) in [5, 5.41) is 13.1. The molecule has 0 saturated carbocycles. The van der Waals surface area contributed by atoms with Crippen molar-refractivity contribution in [2.24, 2.45) is 0 Å². The molecule has 0 bridgehead atoms. The SMILES string of the molecule is O=C(O)c1cc(F)ccc1Nc1c(S)cnc2ccc(Br)cc12. The second kappa shape index (κ2) is 6.17. The predicted molar refractivity (Wildman–Crippen MR) is 93.3 cm³/mol. The molecule has 0 unspecified atom stereocenters. The van der Waals surface area contributed by atoms with Crippen molar-refractivity contribution in [3.05, 3.63) is 58.4 Å². The van der Waals surface area contributed by atoms with Crippen molar-refractivity contribution in [3.63, 3.8) is 0 Å². The van der Waals surface area contributed by atoms with Crippen LogP contribution < -0.4 is 5.32 Å². The van der Waals surface area contributed by atoms with Crippen molar-refractivity contribution >= 4 is 56.8 Å². The highest BCUT2D eigenvalue weighted by molar-refractivity contribution is 9.10. The summed E-state index contributed by atoms with van der Waals surface area (Å²) in [7, 11) is 0. The zero-order chi connectivity index (χ0) is 16.6. The first-order valence-corrected chi connectivity index (χ1v) is 7.77. The third kappa shape index (κ3) is 3.16. The van der Waals surface area contributed by atoms with E-state index in [4.69, 9.17) is 0 Å². The van der Waals surface area contributed by atoms with Crippen molar-refractivity contribution in [3.8, 4) is 0 Å². The van der Waals surface area contributed by atoms with E-state index in [2.05, 4.69) is 38.9 Å². The van der Waals surface area contributed by atoms with Gasteiger partial charge in [0.15, 0.2) is 0 Å². The number of fused-ring (bicyclic) bond motifs is 1. The molecule has 0 atom stereocenters. The highest BCUT2D eigenvalue weighted by Crippen LogP contribution is 2.34. The van der Waals surface area contributed by atoms with Gasteiger partial charge in [0.2, 0.25) is 0 Å². The number of carboxylic acids is 1. The molecular formula is C16H10BrFN2O2S. The molecule has 0 saturated heterocycles. The molecule has 4 nitrogen and oxygen atoms in total. The summed E-state index contributed by atoms with van der Waals surface area (Å²) in [6, 6.07) is 9.11. The molecule has 116 valence electrons. The fourth-order valence-electron chi connectivity index (χ4n) is 2.22. The molecule has 2 aromatic carbocycles. The lowest BCUT2D eigenvalue weighted by Crippen LogP contribution is -2.04. The van der Waals surface area contributed by atoms with Gasteiger partial charge in [0.05, 0.1) is 22.5 Å². The molecule has 7 heteroatoms. The van der Waals surface area contributed by atoms with Gasteiger partial charge in [-0.25, -0.2) is 9.18 Å². The number of nitrogens with zero attached hydrogens (tertiary/aromatic N) is 1. The molecule has 0 fully saturated rings. The minimum atomic E-state index is -1.22. The first kappa shape index (κ1) is 15.8. The van der Waals surface area contributed by atoms with Crippen LogP contribution in [0.3, 0.4) is 0 Å². The molecule has 0 aliphatic carbocycles. The summed E-state index contributed by atoms with van der Waals surface area (Å²) in [4.78, 5) is 16.2. The number of carbonyl (C=O) groups is 1. The zero-order valence-corrected chi connectivity index (χ0v) is 14.0. The number of carboxylic acid groups (broad SMARTS) is 1. The van der Waals surface area contributed by atoms with Crippen LogP contribution in [0.4, 0.5) is 15.8 Å². The van der Waals surface area contributed by atoms with Gasteiger partial charge < -0.3 is 10.4 Å². The number of anilines is 2.